The summed E-state index contributed by atoms with van der Waals surface area (Å²) >= 11 is 0. The summed E-state index contributed by atoms with van der Waals surface area (Å²) in [6.07, 6.45) is -0.337. The molecule has 0 saturated heterocycles. The molecule has 1 atom stereocenters. The summed E-state index contributed by atoms with van der Waals surface area (Å²) in [7, 11) is 3.19. The van der Waals surface area contributed by atoms with E-state index < -0.39 is 0 Å². The van der Waals surface area contributed by atoms with Crippen molar-refractivity contribution < 1.29 is 9.47 Å². The number of ether oxygens (including phenoxy) is 2. The Morgan fingerprint density at radius 1 is 1.07 bits per heavy atom. The zero-order chi connectivity index (χ0) is 11.3. The van der Waals surface area contributed by atoms with Gasteiger partial charge in [0, 0.05) is 19.8 Å². The summed E-state index contributed by atoms with van der Waals surface area (Å²) in [4.78, 5) is 0. The number of methoxy groups -OCH3 is 2. The van der Waals surface area contributed by atoms with Gasteiger partial charge in [0.1, 0.15) is 0 Å². The Balaban J connectivity index is 2.85. The first-order valence-corrected chi connectivity index (χ1v) is 4.78. The molecule has 0 heterocycles. The SMILES string of the molecule is COC(OC)c1ccc(C(C)C#N)cc1. The molecule has 1 aromatic carbocycles. The predicted molar refractivity (Wildman–Crippen MR) is 57.2 cm³/mol. The van der Waals surface area contributed by atoms with Gasteiger partial charge in [-0.05, 0) is 12.5 Å². The van der Waals surface area contributed by atoms with Crippen molar-refractivity contribution in [2.24, 2.45) is 0 Å². The molecule has 0 N–H and O–H groups in total. The largest absolute Gasteiger partial charge is 0.352 e. The van der Waals surface area contributed by atoms with Crippen molar-refractivity contribution in [1.82, 2.24) is 0 Å². The highest BCUT2D eigenvalue weighted by Crippen LogP contribution is 2.20. The molecule has 3 heteroatoms. The fourth-order valence-electron chi connectivity index (χ4n) is 1.38. The van der Waals surface area contributed by atoms with Gasteiger partial charge in [-0.1, -0.05) is 24.3 Å². The highest BCUT2D eigenvalue weighted by atomic mass is 16.7. The van der Waals surface area contributed by atoms with Crippen molar-refractivity contribution in [3.63, 3.8) is 0 Å². The fourth-order valence-corrected chi connectivity index (χ4v) is 1.38. The van der Waals surface area contributed by atoms with Crippen LogP contribution in [0.3, 0.4) is 0 Å². The molecule has 1 aromatic rings. The maximum absolute atomic E-state index is 8.76. The zero-order valence-electron chi connectivity index (χ0n) is 9.23. The Morgan fingerprint density at radius 2 is 1.53 bits per heavy atom. The van der Waals surface area contributed by atoms with Gasteiger partial charge in [0.2, 0.25) is 0 Å². The van der Waals surface area contributed by atoms with Crippen LogP contribution in [0.5, 0.6) is 0 Å². The number of nitriles is 1. The van der Waals surface area contributed by atoms with Gasteiger partial charge in [-0.2, -0.15) is 5.26 Å². The number of benzene rings is 1. The van der Waals surface area contributed by atoms with E-state index in [1.165, 1.54) is 0 Å². The first kappa shape index (κ1) is 11.7. The minimum Gasteiger partial charge on any atom is -0.352 e. The topological polar surface area (TPSA) is 42.2 Å². The predicted octanol–water partition coefficient (Wildman–Crippen LogP) is 2.61. The summed E-state index contributed by atoms with van der Waals surface area (Å²) in [6.45, 7) is 1.87. The quantitative estimate of drug-likeness (QED) is 0.709. The Labute approximate surface area is 90.2 Å². The summed E-state index contributed by atoms with van der Waals surface area (Å²) in [5, 5.41) is 8.76. The van der Waals surface area contributed by atoms with Crippen LogP contribution >= 0.6 is 0 Å². The number of nitrogens with zero attached hydrogens (tertiary/aromatic N) is 1. The van der Waals surface area contributed by atoms with Crippen LogP contribution in [0, 0.1) is 11.3 Å². The van der Waals surface area contributed by atoms with Crippen molar-refractivity contribution in [3.05, 3.63) is 35.4 Å². The molecule has 0 fully saturated rings. The van der Waals surface area contributed by atoms with Crippen molar-refractivity contribution in [1.29, 1.82) is 5.26 Å². The van der Waals surface area contributed by atoms with Gasteiger partial charge in [0.25, 0.3) is 0 Å². The molecular formula is C12H15NO2. The molecule has 0 aliphatic rings. The first-order valence-electron chi connectivity index (χ1n) is 4.78. The van der Waals surface area contributed by atoms with Gasteiger partial charge in [-0.25, -0.2) is 0 Å². The van der Waals surface area contributed by atoms with Crippen LogP contribution in [-0.4, -0.2) is 14.2 Å². The van der Waals surface area contributed by atoms with Crippen molar-refractivity contribution in [2.75, 3.05) is 14.2 Å². The lowest BCUT2D eigenvalue weighted by Gasteiger charge is -2.14. The third kappa shape index (κ3) is 2.79. The third-order valence-electron chi connectivity index (χ3n) is 2.33. The molecule has 0 aromatic heterocycles. The lowest BCUT2D eigenvalue weighted by molar-refractivity contribution is -0.106. The van der Waals surface area contributed by atoms with Crippen LogP contribution in [0.4, 0.5) is 0 Å². The molecular weight excluding hydrogens is 190 g/mol. The summed E-state index contributed by atoms with van der Waals surface area (Å²) in [5.41, 5.74) is 1.96. The summed E-state index contributed by atoms with van der Waals surface area (Å²) < 4.78 is 10.2. The molecule has 0 aliphatic heterocycles. The van der Waals surface area contributed by atoms with E-state index in [-0.39, 0.29) is 12.2 Å². The smallest absolute Gasteiger partial charge is 0.183 e. The molecule has 0 amide bonds. The Hall–Kier alpha value is -1.37. The van der Waals surface area contributed by atoms with Crippen molar-refractivity contribution in [2.45, 2.75) is 19.1 Å². The molecule has 80 valence electrons. The molecule has 1 unspecified atom stereocenters. The monoisotopic (exact) mass is 205 g/mol. The molecule has 15 heavy (non-hydrogen) atoms. The summed E-state index contributed by atoms with van der Waals surface area (Å²) in [6, 6.07) is 9.88. The van der Waals surface area contributed by atoms with Crippen LogP contribution in [0.15, 0.2) is 24.3 Å². The minimum absolute atomic E-state index is 0.0809. The van der Waals surface area contributed by atoms with E-state index >= 15 is 0 Å². The van der Waals surface area contributed by atoms with Gasteiger partial charge < -0.3 is 9.47 Å². The lowest BCUT2D eigenvalue weighted by Crippen LogP contribution is -2.03. The van der Waals surface area contributed by atoms with Crippen LogP contribution < -0.4 is 0 Å². The van der Waals surface area contributed by atoms with Gasteiger partial charge in [-0.15, -0.1) is 0 Å². The molecule has 0 spiro atoms. The second-order valence-corrected chi connectivity index (χ2v) is 3.32. The Morgan fingerprint density at radius 3 is 1.93 bits per heavy atom. The van der Waals surface area contributed by atoms with E-state index in [1.54, 1.807) is 14.2 Å². The van der Waals surface area contributed by atoms with Crippen molar-refractivity contribution in [3.8, 4) is 6.07 Å². The molecule has 0 saturated carbocycles. The van der Waals surface area contributed by atoms with E-state index in [4.69, 9.17) is 14.7 Å². The van der Waals surface area contributed by atoms with Crippen LogP contribution in [0.2, 0.25) is 0 Å². The van der Waals surface area contributed by atoms with Crippen molar-refractivity contribution >= 4 is 0 Å². The van der Waals surface area contributed by atoms with Gasteiger partial charge in [-0.3, -0.25) is 0 Å². The van der Waals surface area contributed by atoms with Gasteiger partial charge in [0.05, 0.1) is 12.0 Å². The molecule has 1 rings (SSSR count). The highest BCUT2D eigenvalue weighted by Gasteiger charge is 2.09. The average Bonchev–Trinajstić information content (AvgIpc) is 2.30. The maximum atomic E-state index is 8.76. The third-order valence-corrected chi connectivity index (χ3v) is 2.33. The lowest BCUT2D eigenvalue weighted by atomic mass is 10.0. The van der Waals surface area contributed by atoms with E-state index in [1.807, 2.05) is 31.2 Å². The normalized spacial score (nSPS) is 12.5. The van der Waals surface area contributed by atoms with E-state index in [0.717, 1.165) is 11.1 Å². The molecule has 3 nitrogen and oxygen atoms in total. The second kappa shape index (κ2) is 5.50. The van der Waals surface area contributed by atoms with Crippen LogP contribution in [0.25, 0.3) is 0 Å². The number of rotatable bonds is 4. The van der Waals surface area contributed by atoms with Crippen LogP contribution in [0.1, 0.15) is 30.3 Å². The maximum Gasteiger partial charge on any atom is 0.183 e. The Kier molecular flexibility index (Phi) is 4.29. The number of hydrogen-bond donors (Lipinski definition) is 0. The highest BCUT2D eigenvalue weighted by molar-refractivity contribution is 5.28. The Bertz CT molecular complexity index is 336. The second-order valence-electron chi connectivity index (χ2n) is 3.32. The minimum atomic E-state index is -0.337. The van der Waals surface area contributed by atoms with Gasteiger partial charge >= 0.3 is 0 Å². The standard InChI is InChI=1S/C12H15NO2/c1-9(8-13)10-4-6-11(7-5-10)12(14-2)15-3/h4-7,9,12H,1-3H3. The average molecular weight is 205 g/mol. The first-order chi connectivity index (χ1) is 7.22. The number of hydrogen-bond acceptors (Lipinski definition) is 3. The molecule has 0 bridgehead atoms. The van der Waals surface area contributed by atoms with E-state index in [9.17, 15) is 0 Å². The molecule has 0 radical (unpaired) electrons. The van der Waals surface area contributed by atoms with Crippen LogP contribution in [-0.2, 0) is 9.47 Å². The van der Waals surface area contributed by atoms with E-state index in [0.29, 0.717) is 0 Å². The summed E-state index contributed by atoms with van der Waals surface area (Å²) in [5.74, 6) is -0.0809. The van der Waals surface area contributed by atoms with E-state index in [2.05, 4.69) is 6.07 Å². The van der Waals surface area contributed by atoms with Gasteiger partial charge in [0.15, 0.2) is 6.29 Å². The zero-order valence-corrected chi connectivity index (χ0v) is 9.23. The fraction of sp³-hybridized carbons (Fsp3) is 0.417. The molecule has 0 aliphatic carbocycles.